The molecule has 1 N–H and O–H groups in total. The lowest BCUT2D eigenvalue weighted by Gasteiger charge is -2.08. The first-order valence-electron chi connectivity index (χ1n) is 8.01. The van der Waals surface area contributed by atoms with Crippen LogP contribution in [0.25, 0.3) is 0 Å². The van der Waals surface area contributed by atoms with E-state index in [1.807, 2.05) is 24.3 Å². The number of hydrogen-bond donors (Lipinski definition) is 1. The number of aryl methyl sites for hydroxylation is 1. The highest BCUT2D eigenvalue weighted by atomic mass is 16.5. The second kappa shape index (κ2) is 8.79. The van der Waals surface area contributed by atoms with Gasteiger partial charge >= 0.3 is 0 Å². The quantitative estimate of drug-likeness (QED) is 0.528. The fraction of sp³-hybridized carbons (Fsp3) is 0.250. The second-order valence-electron chi connectivity index (χ2n) is 5.42. The molecule has 0 aromatic heterocycles. The Morgan fingerprint density at radius 1 is 1.04 bits per heavy atom. The molecular formula is C20H23NO2. The number of benzene rings is 2. The van der Waals surface area contributed by atoms with Crippen LogP contribution >= 0.6 is 0 Å². The van der Waals surface area contributed by atoms with Crippen molar-refractivity contribution in [2.75, 3.05) is 5.32 Å². The highest BCUT2D eigenvalue weighted by Gasteiger charge is 2.00. The molecular weight excluding hydrogens is 286 g/mol. The van der Waals surface area contributed by atoms with Crippen LogP contribution in [0.5, 0.6) is 11.5 Å². The smallest absolute Gasteiger partial charge is 0.247 e. The molecule has 0 aliphatic heterocycles. The Bertz CT molecular complexity index is 630. The van der Waals surface area contributed by atoms with Crippen LogP contribution < -0.4 is 10.1 Å². The topological polar surface area (TPSA) is 38.3 Å². The first-order valence-corrected chi connectivity index (χ1v) is 8.01. The Kier molecular flexibility index (Phi) is 6.42. The standard InChI is InChI=1S/C20H23NO2/c1-3-5-6-7-16-8-12-18(13-9-16)23-19-14-10-17(11-15-19)21-20(22)4-2/h4,8-15H,2-3,5-7H2,1H3,(H,21,22). The van der Waals surface area contributed by atoms with Gasteiger partial charge in [0.05, 0.1) is 0 Å². The molecule has 0 bridgehead atoms. The molecule has 120 valence electrons. The van der Waals surface area contributed by atoms with Crippen molar-refractivity contribution in [1.29, 1.82) is 0 Å². The summed E-state index contributed by atoms with van der Waals surface area (Å²) in [5.74, 6) is 1.32. The maximum Gasteiger partial charge on any atom is 0.247 e. The van der Waals surface area contributed by atoms with E-state index in [2.05, 4.69) is 31.0 Å². The molecule has 1 amide bonds. The zero-order valence-corrected chi connectivity index (χ0v) is 13.5. The summed E-state index contributed by atoms with van der Waals surface area (Å²) in [6.45, 7) is 5.64. The van der Waals surface area contributed by atoms with Crippen molar-refractivity contribution in [2.45, 2.75) is 32.6 Å². The summed E-state index contributed by atoms with van der Waals surface area (Å²) in [4.78, 5) is 11.2. The average molecular weight is 309 g/mol. The maximum absolute atomic E-state index is 11.2. The fourth-order valence-electron chi connectivity index (χ4n) is 2.24. The van der Waals surface area contributed by atoms with Crippen molar-refractivity contribution in [1.82, 2.24) is 0 Å². The summed E-state index contributed by atoms with van der Waals surface area (Å²) in [6, 6.07) is 15.5. The number of unbranched alkanes of at least 4 members (excludes halogenated alkanes) is 2. The van der Waals surface area contributed by atoms with E-state index >= 15 is 0 Å². The van der Waals surface area contributed by atoms with Gasteiger partial charge in [-0.2, -0.15) is 0 Å². The first-order chi connectivity index (χ1) is 11.2. The molecule has 0 atom stereocenters. The van der Waals surface area contributed by atoms with E-state index in [0.29, 0.717) is 5.69 Å². The highest BCUT2D eigenvalue weighted by molar-refractivity contribution is 5.98. The van der Waals surface area contributed by atoms with E-state index in [-0.39, 0.29) is 5.91 Å². The number of carbonyl (C=O) groups is 1. The average Bonchev–Trinajstić information content (AvgIpc) is 2.58. The van der Waals surface area contributed by atoms with E-state index in [9.17, 15) is 4.79 Å². The minimum Gasteiger partial charge on any atom is -0.457 e. The SMILES string of the molecule is C=CC(=O)Nc1ccc(Oc2ccc(CCCCC)cc2)cc1. The Morgan fingerprint density at radius 3 is 2.22 bits per heavy atom. The van der Waals surface area contributed by atoms with Gasteiger partial charge in [-0.3, -0.25) is 4.79 Å². The van der Waals surface area contributed by atoms with Crippen molar-refractivity contribution in [3.63, 3.8) is 0 Å². The Balaban J connectivity index is 1.91. The van der Waals surface area contributed by atoms with Crippen LogP contribution in [0, 0.1) is 0 Å². The maximum atomic E-state index is 11.2. The first kappa shape index (κ1) is 16.8. The molecule has 0 heterocycles. The van der Waals surface area contributed by atoms with Crippen molar-refractivity contribution in [3.8, 4) is 11.5 Å². The summed E-state index contributed by atoms with van der Waals surface area (Å²) < 4.78 is 5.81. The molecule has 0 saturated carbocycles. The van der Waals surface area contributed by atoms with Crippen molar-refractivity contribution in [3.05, 3.63) is 66.7 Å². The fourth-order valence-corrected chi connectivity index (χ4v) is 2.24. The number of hydrogen-bond acceptors (Lipinski definition) is 2. The van der Waals surface area contributed by atoms with Crippen LogP contribution in [0.4, 0.5) is 5.69 Å². The molecule has 0 fully saturated rings. The van der Waals surface area contributed by atoms with Crippen LogP contribution in [0.2, 0.25) is 0 Å². The molecule has 23 heavy (non-hydrogen) atoms. The largest absolute Gasteiger partial charge is 0.457 e. The minimum absolute atomic E-state index is 0.225. The highest BCUT2D eigenvalue weighted by Crippen LogP contribution is 2.23. The van der Waals surface area contributed by atoms with E-state index in [1.54, 1.807) is 12.1 Å². The van der Waals surface area contributed by atoms with Crippen LogP contribution in [-0.2, 0) is 11.2 Å². The molecule has 0 spiro atoms. The lowest BCUT2D eigenvalue weighted by Crippen LogP contribution is -2.06. The van der Waals surface area contributed by atoms with Gasteiger partial charge in [-0.25, -0.2) is 0 Å². The molecule has 0 unspecified atom stereocenters. The third-order valence-corrected chi connectivity index (χ3v) is 3.54. The lowest BCUT2D eigenvalue weighted by atomic mass is 10.1. The van der Waals surface area contributed by atoms with Crippen LogP contribution in [0.15, 0.2) is 61.2 Å². The number of carbonyl (C=O) groups excluding carboxylic acids is 1. The molecule has 0 saturated heterocycles. The summed E-state index contributed by atoms with van der Waals surface area (Å²) >= 11 is 0. The normalized spacial score (nSPS) is 10.1. The van der Waals surface area contributed by atoms with Gasteiger partial charge in [0.15, 0.2) is 0 Å². The van der Waals surface area contributed by atoms with Crippen LogP contribution in [0.3, 0.4) is 0 Å². The van der Waals surface area contributed by atoms with E-state index < -0.39 is 0 Å². The van der Waals surface area contributed by atoms with Gasteiger partial charge in [-0.05, 0) is 60.9 Å². The van der Waals surface area contributed by atoms with E-state index in [4.69, 9.17) is 4.74 Å². The molecule has 0 aliphatic carbocycles. The summed E-state index contributed by atoms with van der Waals surface area (Å²) in [7, 11) is 0. The van der Waals surface area contributed by atoms with E-state index in [0.717, 1.165) is 17.9 Å². The van der Waals surface area contributed by atoms with Gasteiger partial charge < -0.3 is 10.1 Å². The third kappa shape index (κ3) is 5.62. The molecule has 0 aliphatic rings. The Hall–Kier alpha value is -2.55. The van der Waals surface area contributed by atoms with Gasteiger partial charge in [-0.15, -0.1) is 0 Å². The Labute approximate surface area is 138 Å². The van der Waals surface area contributed by atoms with Crippen LogP contribution in [-0.4, -0.2) is 5.91 Å². The lowest BCUT2D eigenvalue weighted by molar-refractivity contribution is -0.111. The van der Waals surface area contributed by atoms with Crippen molar-refractivity contribution < 1.29 is 9.53 Å². The number of rotatable bonds is 8. The molecule has 2 aromatic carbocycles. The zero-order chi connectivity index (χ0) is 16.5. The molecule has 2 aromatic rings. The van der Waals surface area contributed by atoms with Crippen molar-refractivity contribution in [2.24, 2.45) is 0 Å². The number of nitrogens with one attached hydrogen (secondary N) is 1. The number of amides is 1. The van der Waals surface area contributed by atoms with Crippen molar-refractivity contribution >= 4 is 11.6 Å². The Morgan fingerprint density at radius 2 is 1.65 bits per heavy atom. The summed E-state index contributed by atoms with van der Waals surface area (Å²) in [6.07, 6.45) is 6.10. The molecule has 2 rings (SSSR count). The minimum atomic E-state index is -0.225. The predicted molar refractivity (Wildman–Crippen MR) is 95.0 cm³/mol. The molecule has 3 nitrogen and oxygen atoms in total. The monoisotopic (exact) mass is 309 g/mol. The number of ether oxygens (including phenoxy) is 1. The van der Waals surface area contributed by atoms with Crippen LogP contribution in [0.1, 0.15) is 31.7 Å². The second-order valence-corrected chi connectivity index (χ2v) is 5.42. The molecule has 3 heteroatoms. The number of anilines is 1. The van der Waals surface area contributed by atoms with E-state index in [1.165, 1.54) is 30.9 Å². The van der Waals surface area contributed by atoms with Gasteiger partial charge in [-0.1, -0.05) is 38.5 Å². The van der Waals surface area contributed by atoms with Gasteiger partial charge in [0.25, 0.3) is 0 Å². The third-order valence-electron chi connectivity index (χ3n) is 3.54. The van der Waals surface area contributed by atoms with Gasteiger partial charge in [0.1, 0.15) is 11.5 Å². The molecule has 0 radical (unpaired) electrons. The zero-order valence-electron chi connectivity index (χ0n) is 13.5. The predicted octanol–water partition coefficient (Wildman–Crippen LogP) is 5.34. The van der Waals surface area contributed by atoms with Gasteiger partial charge in [0, 0.05) is 5.69 Å². The summed E-state index contributed by atoms with van der Waals surface area (Å²) in [5, 5.41) is 2.70. The summed E-state index contributed by atoms with van der Waals surface area (Å²) in [5.41, 5.74) is 2.06. The van der Waals surface area contributed by atoms with Gasteiger partial charge in [0.2, 0.25) is 5.91 Å².